The number of aromatic nitrogens is 2. The van der Waals surface area contributed by atoms with E-state index in [0.717, 1.165) is 11.3 Å². The van der Waals surface area contributed by atoms with Crippen LogP contribution in [0, 0.1) is 0 Å². The van der Waals surface area contributed by atoms with Gasteiger partial charge in [-0.2, -0.15) is 0 Å². The normalized spacial score (nSPS) is 12.3. The van der Waals surface area contributed by atoms with Gasteiger partial charge in [0.2, 0.25) is 0 Å². The van der Waals surface area contributed by atoms with E-state index in [0.29, 0.717) is 18.5 Å². The minimum absolute atomic E-state index is 0.489. The van der Waals surface area contributed by atoms with Crippen molar-refractivity contribution in [1.82, 2.24) is 9.97 Å². The predicted molar refractivity (Wildman–Crippen MR) is 66.3 cm³/mol. The summed E-state index contributed by atoms with van der Waals surface area (Å²) in [5.74, 6) is 0. The summed E-state index contributed by atoms with van der Waals surface area (Å²) in [6.07, 6.45) is 5.59. The first-order chi connectivity index (χ1) is 8.25. The summed E-state index contributed by atoms with van der Waals surface area (Å²) < 4.78 is 0. The van der Waals surface area contributed by atoms with Crippen LogP contribution in [0.3, 0.4) is 0 Å². The molecule has 0 bridgehead atoms. The first kappa shape index (κ1) is 11.5. The number of pyridine rings is 2. The van der Waals surface area contributed by atoms with Crippen molar-refractivity contribution in [2.75, 3.05) is 5.73 Å². The molecule has 88 valence electrons. The van der Waals surface area contributed by atoms with Gasteiger partial charge < -0.3 is 10.8 Å². The standard InChI is InChI=1S/C13H15N3O/c14-13-4-6-15-9-10(13)7-12(17)8-11-3-1-2-5-16-11/h1-6,9,12,17H,7-8H2,(H2,14,15). The summed E-state index contributed by atoms with van der Waals surface area (Å²) in [7, 11) is 0. The summed E-state index contributed by atoms with van der Waals surface area (Å²) in [5.41, 5.74) is 8.21. The van der Waals surface area contributed by atoms with Crippen molar-refractivity contribution in [2.24, 2.45) is 0 Å². The summed E-state index contributed by atoms with van der Waals surface area (Å²) in [6.45, 7) is 0. The van der Waals surface area contributed by atoms with Gasteiger partial charge in [0.15, 0.2) is 0 Å². The second kappa shape index (κ2) is 5.41. The van der Waals surface area contributed by atoms with Crippen LogP contribution in [-0.2, 0) is 12.8 Å². The molecule has 1 unspecified atom stereocenters. The highest BCUT2D eigenvalue weighted by atomic mass is 16.3. The van der Waals surface area contributed by atoms with Crippen LogP contribution in [0.15, 0.2) is 42.9 Å². The van der Waals surface area contributed by atoms with Crippen LogP contribution in [0.4, 0.5) is 5.69 Å². The molecule has 2 rings (SSSR count). The number of nitrogen functional groups attached to an aromatic ring is 1. The summed E-state index contributed by atoms with van der Waals surface area (Å²) >= 11 is 0. The highest BCUT2D eigenvalue weighted by Crippen LogP contribution is 2.13. The van der Waals surface area contributed by atoms with E-state index in [1.54, 1.807) is 24.7 Å². The average Bonchev–Trinajstić information content (AvgIpc) is 2.33. The number of aliphatic hydroxyl groups is 1. The van der Waals surface area contributed by atoms with Crippen LogP contribution in [0.2, 0.25) is 0 Å². The van der Waals surface area contributed by atoms with E-state index in [1.807, 2.05) is 18.2 Å². The molecule has 0 aliphatic rings. The van der Waals surface area contributed by atoms with E-state index in [9.17, 15) is 5.11 Å². The second-order valence-corrected chi connectivity index (χ2v) is 3.96. The number of nitrogens with two attached hydrogens (primary N) is 1. The van der Waals surface area contributed by atoms with Gasteiger partial charge in [0.25, 0.3) is 0 Å². The molecule has 2 heterocycles. The number of hydrogen-bond donors (Lipinski definition) is 2. The zero-order valence-corrected chi connectivity index (χ0v) is 9.45. The maximum Gasteiger partial charge on any atom is 0.0637 e. The molecule has 4 heteroatoms. The van der Waals surface area contributed by atoms with Gasteiger partial charge in [-0.05, 0) is 23.8 Å². The minimum atomic E-state index is -0.489. The van der Waals surface area contributed by atoms with Crippen LogP contribution in [0.25, 0.3) is 0 Å². The molecule has 0 amide bonds. The van der Waals surface area contributed by atoms with Crippen molar-refractivity contribution in [3.63, 3.8) is 0 Å². The van der Waals surface area contributed by atoms with Crippen molar-refractivity contribution in [3.05, 3.63) is 54.1 Å². The molecule has 0 saturated heterocycles. The molecule has 0 aliphatic carbocycles. The molecule has 4 nitrogen and oxygen atoms in total. The molecule has 2 aromatic heterocycles. The Morgan fingerprint density at radius 3 is 2.76 bits per heavy atom. The van der Waals surface area contributed by atoms with Gasteiger partial charge in [0, 0.05) is 42.8 Å². The summed E-state index contributed by atoms with van der Waals surface area (Å²) in [5, 5.41) is 9.96. The lowest BCUT2D eigenvalue weighted by molar-refractivity contribution is 0.174. The van der Waals surface area contributed by atoms with Crippen LogP contribution < -0.4 is 5.73 Å². The van der Waals surface area contributed by atoms with Crippen molar-refractivity contribution in [1.29, 1.82) is 0 Å². The maximum atomic E-state index is 9.96. The van der Waals surface area contributed by atoms with Gasteiger partial charge >= 0.3 is 0 Å². The Morgan fingerprint density at radius 2 is 2.06 bits per heavy atom. The number of anilines is 1. The first-order valence-electron chi connectivity index (χ1n) is 5.52. The average molecular weight is 229 g/mol. The fourth-order valence-corrected chi connectivity index (χ4v) is 1.69. The van der Waals surface area contributed by atoms with Gasteiger partial charge in [-0.15, -0.1) is 0 Å². The van der Waals surface area contributed by atoms with E-state index in [1.165, 1.54) is 0 Å². The molecule has 2 aromatic rings. The van der Waals surface area contributed by atoms with Gasteiger partial charge in [-0.3, -0.25) is 9.97 Å². The topological polar surface area (TPSA) is 72.0 Å². The highest BCUT2D eigenvalue weighted by molar-refractivity contribution is 5.44. The van der Waals surface area contributed by atoms with E-state index >= 15 is 0 Å². The quantitative estimate of drug-likeness (QED) is 0.826. The van der Waals surface area contributed by atoms with Crippen LogP contribution in [-0.4, -0.2) is 21.2 Å². The molecule has 0 aliphatic heterocycles. The Bertz CT molecular complexity index is 473. The van der Waals surface area contributed by atoms with Gasteiger partial charge in [-0.25, -0.2) is 0 Å². The maximum absolute atomic E-state index is 9.96. The van der Waals surface area contributed by atoms with Crippen LogP contribution in [0.5, 0.6) is 0 Å². The van der Waals surface area contributed by atoms with Gasteiger partial charge in [-0.1, -0.05) is 6.07 Å². The molecule has 0 spiro atoms. The fraction of sp³-hybridized carbons (Fsp3) is 0.231. The smallest absolute Gasteiger partial charge is 0.0637 e. The first-order valence-corrected chi connectivity index (χ1v) is 5.52. The number of hydrogen-bond acceptors (Lipinski definition) is 4. The lowest BCUT2D eigenvalue weighted by Gasteiger charge is -2.11. The third-order valence-electron chi connectivity index (χ3n) is 2.57. The molecule has 0 fully saturated rings. The fourth-order valence-electron chi connectivity index (χ4n) is 1.69. The Hall–Kier alpha value is -1.94. The van der Waals surface area contributed by atoms with E-state index in [2.05, 4.69) is 9.97 Å². The van der Waals surface area contributed by atoms with E-state index < -0.39 is 6.10 Å². The van der Waals surface area contributed by atoms with E-state index in [4.69, 9.17) is 5.73 Å². The number of aliphatic hydroxyl groups excluding tert-OH is 1. The minimum Gasteiger partial charge on any atom is -0.398 e. The van der Waals surface area contributed by atoms with Crippen molar-refractivity contribution < 1.29 is 5.11 Å². The molecular formula is C13H15N3O. The van der Waals surface area contributed by atoms with E-state index in [-0.39, 0.29) is 0 Å². The Balaban J connectivity index is 1.98. The van der Waals surface area contributed by atoms with Crippen molar-refractivity contribution in [3.8, 4) is 0 Å². The Kier molecular flexibility index (Phi) is 3.67. The highest BCUT2D eigenvalue weighted by Gasteiger charge is 2.09. The van der Waals surface area contributed by atoms with Crippen LogP contribution >= 0.6 is 0 Å². The molecule has 0 saturated carbocycles. The molecule has 0 radical (unpaired) electrons. The largest absolute Gasteiger partial charge is 0.398 e. The Labute approximate surface area is 100 Å². The van der Waals surface area contributed by atoms with Gasteiger partial charge in [0.1, 0.15) is 0 Å². The molecule has 0 aromatic carbocycles. The zero-order chi connectivity index (χ0) is 12.1. The SMILES string of the molecule is Nc1ccncc1CC(O)Cc1ccccn1. The van der Waals surface area contributed by atoms with Crippen molar-refractivity contribution in [2.45, 2.75) is 18.9 Å². The lowest BCUT2D eigenvalue weighted by Crippen LogP contribution is -2.15. The third kappa shape index (κ3) is 3.26. The monoisotopic (exact) mass is 229 g/mol. The summed E-state index contributed by atoms with van der Waals surface area (Å²) in [6, 6.07) is 7.40. The summed E-state index contributed by atoms with van der Waals surface area (Å²) in [4.78, 5) is 8.17. The number of nitrogens with zero attached hydrogens (tertiary/aromatic N) is 2. The van der Waals surface area contributed by atoms with Gasteiger partial charge in [0.05, 0.1) is 6.10 Å². The second-order valence-electron chi connectivity index (χ2n) is 3.96. The molecular weight excluding hydrogens is 214 g/mol. The molecule has 17 heavy (non-hydrogen) atoms. The zero-order valence-electron chi connectivity index (χ0n) is 9.45. The predicted octanol–water partition coefficient (Wildman–Crippen LogP) is 1.20. The number of rotatable bonds is 4. The van der Waals surface area contributed by atoms with Crippen LogP contribution in [0.1, 0.15) is 11.3 Å². The molecule has 3 N–H and O–H groups in total. The molecule has 1 atom stereocenters. The Morgan fingerprint density at radius 1 is 1.18 bits per heavy atom. The lowest BCUT2D eigenvalue weighted by atomic mass is 10.0. The van der Waals surface area contributed by atoms with Crippen molar-refractivity contribution >= 4 is 5.69 Å². The third-order valence-corrected chi connectivity index (χ3v) is 2.57.